The van der Waals surface area contributed by atoms with Gasteiger partial charge < -0.3 is 10.4 Å². The maximum atomic E-state index is 13.3. The second-order valence-corrected chi connectivity index (χ2v) is 8.27. The van der Waals surface area contributed by atoms with Gasteiger partial charge in [-0.05, 0) is 30.7 Å². The first kappa shape index (κ1) is 20.6. The number of nitrogens with one attached hydrogen (secondary N) is 1. The minimum absolute atomic E-state index is 0.115. The van der Waals surface area contributed by atoms with E-state index in [-0.39, 0.29) is 33.6 Å². The maximum Gasteiger partial charge on any atom is 0.433 e. The van der Waals surface area contributed by atoms with Crippen molar-refractivity contribution in [3.8, 4) is 5.69 Å². The molecule has 1 aromatic carbocycles. The Morgan fingerprint density at radius 3 is 2.50 bits per heavy atom. The summed E-state index contributed by atoms with van der Waals surface area (Å²) < 4.78 is 40.9. The van der Waals surface area contributed by atoms with Crippen molar-refractivity contribution in [3.63, 3.8) is 0 Å². The van der Waals surface area contributed by atoms with Crippen molar-refractivity contribution in [2.24, 2.45) is 5.41 Å². The molecule has 1 aliphatic rings. The summed E-state index contributed by atoms with van der Waals surface area (Å²) in [6.07, 6.45) is -4.79. The normalized spacial score (nSPS) is 20.8. The van der Waals surface area contributed by atoms with Gasteiger partial charge in [0.15, 0.2) is 5.65 Å². The van der Waals surface area contributed by atoms with Crippen molar-refractivity contribution in [2.45, 2.75) is 38.6 Å². The van der Waals surface area contributed by atoms with Crippen LogP contribution in [0.25, 0.3) is 16.7 Å². The van der Waals surface area contributed by atoms with Gasteiger partial charge in [0.05, 0.1) is 22.2 Å². The number of anilines is 1. The molecular weight excluding hydrogens is 421 g/mol. The summed E-state index contributed by atoms with van der Waals surface area (Å²) in [4.78, 5) is 20.7. The lowest BCUT2D eigenvalue weighted by Gasteiger charge is -2.49. The van der Waals surface area contributed by atoms with Crippen LogP contribution in [0.4, 0.5) is 19.0 Å². The fourth-order valence-corrected chi connectivity index (χ4v) is 3.75. The molecule has 0 bridgehead atoms. The molecule has 1 fully saturated rings. The summed E-state index contributed by atoms with van der Waals surface area (Å²) in [5.41, 5.74) is -2.46. The Kier molecular flexibility index (Phi) is 4.78. The molecule has 2 atom stereocenters. The maximum absolute atomic E-state index is 13.3. The standard InChI is InChI=1S/C20H18ClF3N4O2/c1-19(2)14(9-15(19)29)25-16-10-7-8-13(20(22,23)24)26-17(10)28(18(30)27-16)12-6-4-3-5-11(12)21/h3-8,14-15,29H,9H2,1-2H3,(H,25,27,30)/t14-,15+/m0/s1. The third kappa shape index (κ3) is 3.31. The number of fused-ring (bicyclic) bond motifs is 1. The Labute approximate surface area is 174 Å². The van der Waals surface area contributed by atoms with Gasteiger partial charge in [0, 0.05) is 11.5 Å². The number of benzene rings is 1. The van der Waals surface area contributed by atoms with Gasteiger partial charge in [0.1, 0.15) is 11.5 Å². The van der Waals surface area contributed by atoms with E-state index in [1.807, 2.05) is 13.8 Å². The van der Waals surface area contributed by atoms with Crippen molar-refractivity contribution in [3.05, 3.63) is 57.6 Å². The van der Waals surface area contributed by atoms with E-state index in [4.69, 9.17) is 11.6 Å². The molecule has 2 N–H and O–H groups in total. The second kappa shape index (κ2) is 6.95. The number of aliphatic hydroxyl groups is 1. The van der Waals surface area contributed by atoms with Crippen LogP contribution in [-0.4, -0.2) is 31.8 Å². The summed E-state index contributed by atoms with van der Waals surface area (Å²) in [5, 5.41) is 13.5. The Hall–Kier alpha value is -2.65. The second-order valence-electron chi connectivity index (χ2n) is 7.87. The quantitative estimate of drug-likeness (QED) is 0.645. The number of pyridine rings is 1. The molecule has 0 spiro atoms. The molecule has 3 aromatic rings. The molecule has 1 saturated carbocycles. The first-order valence-corrected chi connectivity index (χ1v) is 9.58. The highest BCUT2D eigenvalue weighted by molar-refractivity contribution is 6.32. The van der Waals surface area contributed by atoms with Crippen molar-refractivity contribution in [1.29, 1.82) is 0 Å². The number of hydrogen-bond acceptors (Lipinski definition) is 5. The predicted octanol–water partition coefficient (Wildman–Crippen LogP) is 4.02. The molecule has 0 unspecified atom stereocenters. The zero-order chi connectivity index (χ0) is 21.8. The van der Waals surface area contributed by atoms with E-state index in [2.05, 4.69) is 15.3 Å². The van der Waals surface area contributed by atoms with Crippen LogP contribution in [0.2, 0.25) is 5.02 Å². The lowest BCUT2D eigenvalue weighted by atomic mass is 9.64. The van der Waals surface area contributed by atoms with Gasteiger partial charge in [-0.2, -0.15) is 18.2 Å². The highest BCUT2D eigenvalue weighted by Crippen LogP contribution is 2.42. The first-order chi connectivity index (χ1) is 14.0. The van der Waals surface area contributed by atoms with Crippen molar-refractivity contribution in [2.75, 3.05) is 5.32 Å². The summed E-state index contributed by atoms with van der Waals surface area (Å²) in [5.74, 6) is 0.115. The Balaban J connectivity index is 1.95. The summed E-state index contributed by atoms with van der Waals surface area (Å²) >= 11 is 6.19. The van der Waals surface area contributed by atoms with Gasteiger partial charge in [-0.25, -0.2) is 14.3 Å². The molecule has 0 aliphatic heterocycles. The van der Waals surface area contributed by atoms with Crippen LogP contribution in [-0.2, 0) is 6.18 Å². The van der Waals surface area contributed by atoms with E-state index < -0.39 is 29.1 Å². The van der Waals surface area contributed by atoms with Gasteiger partial charge in [-0.1, -0.05) is 37.6 Å². The van der Waals surface area contributed by atoms with Gasteiger partial charge >= 0.3 is 11.9 Å². The number of para-hydroxylation sites is 1. The van der Waals surface area contributed by atoms with E-state index in [0.29, 0.717) is 6.42 Å². The van der Waals surface area contributed by atoms with E-state index in [1.54, 1.807) is 12.1 Å². The number of nitrogens with zero attached hydrogens (tertiary/aromatic N) is 3. The van der Waals surface area contributed by atoms with E-state index >= 15 is 0 Å². The van der Waals surface area contributed by atoms with Crippen LogP contribution in [0.3, 0.4) is 0 Å². The molecule has 4 rings (SSSR count). The van der Waals surface area contributed by atoms with Crippen molar-refractivity contribution < 1.29 is 18.3 Å². The Morgan fingerprint density at radius 2 is 1.90 bits per heavy atom. The number of hydrogen-bond donors (Lipinski definition) is 2. The molecule has 6 nitrogen and oxygen atoms in total. The molecular formula is C20H18ClF3N4O2. The monoisotopic (exact) mass is 438 g/mol. The number of aliphatic hydroxyl groups excluding tert-OH is 1. The third-order valence-electron chi connectivity index (χ3n) is 5.65. The zero-order valence-corrected chi connectivity index (χ0v) is 16.8. The summed E-state index contributed by atoms with van der Waals surface area (Å²) in [6, 6.07) is 8.14. The van der Waals surface area contributed by atoms with E-state index in [1.165, 1.54) is 18.2 Å². The van der Waals surface area contributed by atoms with Crippen LogP contribution in [0, 0.1) is 5.41 Å². The molecule has 2 heterocycles. The summed E-state index contributed by atoms with van der Waals surface area (Å²) in [6.45, 7) is 3.71. The molecule has 30 heavy (non-hydrogen) atoms. The van der Waals surface area contributed by atoms with Crippen LogP contribution >= 0.6 is 11.6 Å². The van der Waals surface area contributed by atoms with Gasteiger partial charge in [-0.15, -0.1) is 0 Å². The van der Waals surface area contributed by atoms with Crippen LogP contribution in [0.1, 0.15) is 26.0 Å². The molecule has 10 heteroatoms. The fourth-order valence-electron chi connectivity index (χ4n) is 3.53. The summed E-state index contributed by atoms with van der Waals surface area (Å²) in [7, 11) is 0. The Morgan fingerprint density at radius 1 is 1.20 bits per heavy atom. The third-order valence-corrected chi connectivity index (χ3v) is 5.97. The lowest BCUT2D eigenvalue weighted by Crippen LogP contribution is -2.57. The lowest BCUT2D eigenvalue weighted by molar-refractivity contribution is -0.141. The van der Waals surface area contributed by atoms with Gasteiger partial charge in [0.2, 0.25) is 0 Å². The molecule has 1 aliphatic carbocycles. The number of rotatable bonds is 3. The highest BCUT2D eigenvalue weighted by atomic mass is 35.5. The largest absolute Gasteiger partial charge is 0.433 e. The fraction of sp³-hybridized carbons (Fsp3) is 0.350. The average molecular weight is 439 g/mol. The molecule has 158 valence electrons. The number of alkyl halides is 3. The van der Waals surface area contributed by atoms with E-state index in [0.717, 1.165) is 10.6 Å². The minimum atomic E-state index is -4.69. The van der Waals surface area contributed by atoms with Gasteiger partial charge in [-0.3, -0.25) is 0 Å². The van der Waals surface area contributed by atoms with Gasteiger partial charge in [0.25, 0.3) is 0 Å². The topological polar surface area (TPSA) is 80.0 Å². The predicted molar refractivity (Wildman–Crippen MR) is 107 cm³/mol. The molecule has 0 saturated heterocycles. The smallest absolute Gasteiger partial charge is 0.392 e. The van der Waals surface area contributed by atoms with Crippen LogP contribution < -0.4 is 11.0 Å². The first-order valence-electron chi connectivity index (χ1n) is 9.20. The number of halogens is 4. The molecule has 0 amide bonds. The number of aromatic nitrogens is 3. The van der Waals surface area contributed by atoms with Crippen LogP contribution in [0.5, 0.6) is 0 Å². The average Bonchev–Trinajstić information content (AvgIpc) is 2.67. The van der Waals surface area contributed by atoms with E-state index in [9.17, 15) is 23.1 Å². The van der Waals surface area contributed by atoms with Crippen LogP contribution in [0.15, 0.2) is 41.2 Å². The molecule has 0 radical (unpaired) electrons. The zero-order valence-electron chi connectivity index (χ0n) is 16.0. The SMILES string of the molecule is CC1(C)[C@H](O)C[C@@H]1Nc1nc(=O)n(-c2ccccc2Cl)c2nc(C(F)(F)F)ccc12. The minimum Gasteiger partial charge on any atom is -0.392 e. The van der Waals surface area contributed by atoms with Crippen molar-refractivity contribution >= 4 is 28.5 Å². The van der Waals surface area contributed by atoms with Crippen molar-refractivity contribution in [1.82, 2.24) is 14.5 Å². The highest BCUT2D eigenvalue weighted by Gasteiger charge is 2.47. The molecule has 2 aromatic heterocycles. The Bertz CT molecular complexity index is 1190.